The van der Waals surface area contributed by atoms with Gasteiger partial charge in [-0.1, -0.05) is 0 Å². The molecule has 1 saturated heterocycles. The molecule has 1 heterocycles. The zero-order valence-corrected chi connectivity index (χ0v) is 14.5. The van der Waals surface area contributed by atoms with E-state index in [4.69, 9.17) is 34.0 Å². The Morgan fingerprint density at radius 2 is 1.78 bits per heavy atom. The van der Waals surface area contributed by atoms with Crippen LogP contribution in [0.1, 0.15) is 25.7 Å². The van der Waals surface area contributed by atoms with Gasteiger partial charge in [0.1, 0.15) is 0 Å². The molecule has 1 aliphatic carbocycles. The van der Waals surface area contributed by atoms with Crippen molar-refractivity contribution in [1.82, 2.24) is 4.90 Å². The largest absolute Gasteiger partial charge is 0.393 e. The summed E-state index contributed by atoms with van der Waals surface area (Å²) in [6, 6.07) is -0.185. The van der Waals surface area contributed by atoms with Crippen LogP contribution in [0.15, 0.2) is 0 Å². The van der Waals surface area contributed by atoms with E-state index < -0.39 is 24.7 Å². The van der Waals surface area contributed by atoms with Gasteiger partial charge >= 0.3 is 0 Å². The number of carbonyl (C=O) groups is 1. The maximum absolute atomic E-state index is 11.9. The summed E-state index contributed by atoms with van der Waals surface area (Å²) in [6.45, 7) is 0.433. The summed E-state index contributed by atoms with van der Waals surface area (Å²) < 4.78 is 0. The molecule has 1 aliphatic heterocycles. The maximum atomic E-state index is 11.9. The summed E-state index contributed by atoms with van der Waals surface area (Å²) in [7, 11) is 0. The van der Waals surface area contributed by atoms with Gasteiger partial charge in [0.25, 0.3) is 5.91 Å². The van der Waals surface area contributed by atoms with Crippen molar-refractivity contribution in [2.45, 2.75) is 54.7 Å². The molecule has 0 radical (unpaired) electrons. The summed E-state index contributed by atoms with van der Waals surface area (Å²) in [6.07, 6.45) is 0.586. The Bertz CT molecular complexity index is 407. The fraction of sp³-hybridized carbons (Fsp3) is 0.933. The molecule has 6 atom stereocenters. The van der Waals surface area contributed by atoms with Crippen molar-refractivity contribution in [2.24, 2.45) is 17.6 Å². The van der Waals surface area contributed by atoms with Crippen molar-refractivity contribution in [3.8, 4) is 0 Å². The molecule has 0 aromatic carbocycles. The van der Waals surface area contributed by atoms with Gasteiger partial charge in [-0.05, 0) is 31.6 Å². The highest BCUT2D eigenvalue weighted by Gasteiger charge is 2.40. The number of nitrogens with zero attached hydrogens (tertiary/aromatic N) is 1. The summed E-state index contributed by atoms with van der Waals surface area (Å²) in [4.78, 5) is 13.4. The number of carbonyl (C=O) groups excluding carboxylic acids is 1. The highest BCUT2D eigenvalue weighted by molar-refractivity contribution is 6.30. The number of hydrogen-bond acceptors (Lipinski definition) is 5. The molecule has 1 saturated carbocycles. The van der Waals surface area contributed by atoms with Crippen molar-refractivity contribution in [2.75, 3.05) is 19.7 Å². The van der Waals surface area contributed by atoms with Gasteiger partial charge in [0, 0.05) is 25.0 Å². The van der Waals surface area contributed by atoms with Gasteiger partial charge in [0.2, 0.25) is 0 Å². The molecule has 2 fully saturated rings. The van der Waals surface area contributed by atoms with Crippen LogP contribution in [0.4, 0.5) is 0 Å². The summed E-state index contributed by atoms with van der Waals surface area (Å²) in [5, 5.41) is 28.1. The molecule has 134 valence electrons. The van der Waals surface area contributed by atoms with Gasteiger partial charge in [-0.15, -0.1) is 23.2 Å². The van der Waals surface area contributed by atoms with Crippen LogP contribution in [0.25, 0.3) is 0 Å². The van der Waals surface area contributed by atoms with Gasteiger partial charge < -0.3 is 26.0 Å². The number of alkyl halides is 2. The lowest BCUT2D eigenvalue weighted by Crippen LogP contribution is -2.52. The second kappa shape index (κ2) is 8.32. The van der Waals surface area contributed by atoms with E-state index in [1.54, 1.807) is 4.90 Å². The average molecular weight is 369 g/mol. The third-order valence-corrected chi connectivity index (χ3v) is 6.29. The summed E-state index contributed by atoms with van der Waals surface area (Å²) in [5.74, 6) is -0.327. The van der Waals surface area contributed by atoms with Crippen molar-refractivity contribution in [3.05, 3.63) is 0 Å². The van der Waals surface area contributed by atoms with Crippen LogP contribution in [0.3, 0.4) is 0 Å². The summed E-state index contributed by atoms with van der Waals surface area (Å²) in [5.41, 5.74) is 6.37. The Hall–Kier alpha value is -0.110. The van der Waals surface area contributed by atoms with Crippen molar-refractivity contribution < 1.29 is 20.1 Å². The molecule has 23 heavy (non-hydrogen) atoms. The number of halogens is 2. The zero-order valence-electron chi connectivity index (χ0n) is 13.0. The molecule has 0 aromatic heterocycles. The van der Waals surface area contributed by atoms with Crippen LogP contribution in [0.2, 0.25) is 0 Å². The van der Waals surface area contributed by atoms with Crippen LogP contribution in [0, 0.1) is 11.8 Å². The topological polar surface area (TPSA) is 107 Å². The molecule has 8 heteroatoms. The van der Waals surface area contributed by atoms with E-state index >= 15 is 0 Å². The van der Waals surface area contributed by atoms with Crippen molar-refractivity contribution in [3.63, 3.8) is 0 Å². The highest BCUT2D eigenvalue weighted by atomic mass is 35.5. The Labute approximate surface area is 146 Å². The van der Waals surface area contributed by atoms with Gasteiger partial charge in [-0.3, -0.25) is 4.79 Å². The Kier molecular flexibility index (Phi) is 6.95. The molecule has 0 bridgehead atoms. The van der Waals surface area contributed by atoms with E-state index in [2.05, 4.69) is 0 Å². The van der Waals surface area contributed by atoms with Crippen molar-refractivity contribution in [1.29, 1.82) is 0 Å². The smallest absolute Gasteiger partial charge is 0.253 e. The van der Waals surface area contributed by atoms with Gasteiger partial charge in [-0.25, -0.2) is 0 Å². The second-order valence-corrected chi connectivity index (χ2v) is 7.79. The number of rotatable bonds is 4. The first-order valence-electron chi connectivity index (χ1n) is 8.14. The Morgan fingerprint density at radius 3 is 2.35 bits per heavy atom. The van der Waals surface area contributed by atoms with E-state index in [9.17, 15) is 15.0 Å². The number of aliphatic hydroxyl groups is 3. The third-order valence-electron chi connectivity index (χ3n) is 5.20. The average Bonchev–Trinajstić information content (AvgIpc) is 2.56. The minimum absolute atomic E-state index is 0.0808. The lowest BCUT2D eigenvalue weighted by atomic mass is 9.74. The predicted molar refractivity (Wildman–Crippen MR) is 88.4 cm³/mol. The normalized spacial score (nSPS) is 35.8. The number of aliphatic hydroxyl groups excluding tert-OH is 3. The van der Waals surface area contributed by atoms with Crippen LogP contribution in [-0.4, -0.2) is 74.8 Å². The first-order valence-corrected chi connectivity index (χ1v) is 9.02. The minimum Gasteiger partial charge on any atom is -0.393 e. The standard InChI is InChI=1S/C15H26Cl2N2O4/c16-10-5-9(12(21)6-11(10)17)14(18)8-1-3-19(4-2-8)15(23)13(22)7-20/h8-14,20-22H,1-7,18H2/t9?,10?,11?,12?,13?,14-/m1/s1. The Morgan fingerprint density at radius 1 is 1.22 bits per heavy atom. The van der Waals surface area contributed by atoms with Crippen LogP contribution in [0.5, 0.6) is 0 Å². The van der Waals surface area contributed by atoms with E-state index in [-0.39, 0.29) is 28.6 Å². The van der Waals surface area contributed by atoms with E-state index in [0.717, 1.165) is 0 Å². The lowest BCUT2D eigenvalue weighted by molar-refractivity contribution is -0.143. The molecule has 0 spiro atoms. The first-order chi connectivity index (χ1) is 10.8. The molecule has 0 aromatic rings. The molecule has 5 unspecified atom stereocenters. The van der Waals surface area contributed by atoms with Gasteiger partial charge in [-0.2, -0.15) is 0 Å². The van der Waals surface area contributed by atoms with Crippen LogP contribution < -0.4 is 5.73 Å². The molecule has 1 amide bonds. The Balaban J connectivity index is 1.88. The van der Waals surface area contributed by atoms with E-state index in [0.29, 0.717) is 38.8 Å². The maximum Gasteiger partial charge on any atom is 0.253 e. The number of amides is 1. The highest BCUT2D eigenvalue weighted by Crippen LogP contribution is 2.36. The van der Waals surface area contributed by atoms with E-state index in [1.165, 1.54) is 0 Å². The summed E-state index contributed by atoms with van der Waals surface area (Å²) >= 11 is 12.3. The number of likely N-dealkylation sites (tertiary alicyclic amines) is 1. The molecule has 2 aliphatic rings. The van der Waals surface area contributed by atoms with Gasteiger partial charge in [0.05, 0.1) is 23.5 Å². The van der Waals surface area contributed by atoms with Gasteiger partial charge in [0.15, 0.2) is 6.10 Å². The molecular formula is C15H26Cl2N2O4. The number of piperidine rings is 1. The number of nitrogens with two attached hydrogens (primary N) is 1. The zero-order chi connectivity index (χ0) is 17.1. The monoisotopic (exact) mass is 368 g/mol. The number of hydrogen-bond donors (Lipinski definition) is 4. The minimum atomic E-state index is -1.35. The first kappa shape index (κ1) is 19.2. The quantitative estimate of drug-likeness (QED) is 0.518. The van der Waals surface area contributed by atoms with E-state index in [1.807, 2.05) is 0 Å². The molecule has 2 rings (SSSR count). The predicted octanol–water partition coefficient (Wildman–Crippen LogP) is -0.109. The van der Waals surface area contributed by atoms with Crippen LogP contribution >= 0.6 is 23.2 Å². The fourth-order valence-corrected chi connectivity index (χ4v) is 4.27. The lowest BCUT2D eigenvalue weighted by Gasteiger charge is -2.42. The van der Waals surface area contributed by atoms with Crippen LogP contribution in [-0.2, 0) is 4.79 Å². The third kappa shape index (κ3) is 4.50. The molecule has 5 N–H and O–H groups in total. The second-order valence-electron chi connectivity index (χ2n) is 6.67. The SMILES string of the molecule is N[C@H](C1CCN(C(=O)C(O)CO)CC1)C1CC(Cl)C(Cl)CC1O. The van der Waals surface area contributed by atoms with Crippen molar-refractivity contribution >= 4 is 29.1 Å². The molecule has 6 nitrogen and oxygen atoms in total. The molecular weight excluding hydrogens is 343 g/mol. The fourth-order valence-electron chi connectivity index (χ4n) is 3.67.